The zero-order valence-corrected chi connectivity index (χ0v) is 6.45. The molecule has 60 valence electrons. The lowest BCUT2D eigenvalue weighted by atomic mass is 10.3. The Balaban J connectivity index is 3.40. The Morgan fingerprint density at radius 2 is 2.42 bits per heavy atom. The minimum Gasteiger partial charge on any atom is -0.358 e. The van der Waals surface area contributed by atoms with Crippen LogP contribution in [0.25, 0.3) is 0 Å². The van der Waals surface area contributed by atoms with Crippen LogP contribution in [0.2, 0.25) is 5.02 Å². The van der Waals surface area contributed by atoms with Crippen LogP contribution in [0.5, 0.6) is 0 Å². The van der Waals surface area contributed by atoms with Crippen LogP contribution in [-0.4, -0.2) is 9.91 Å². The molecule has 1 aromatic rings. The average Bonchev–Trinajstić information content (AvgIpc) is 2.03. The van der Waals surface area contributed by atoms with Gasteiger partial charge < -0.3 is 10.1 Å². The molecule has 0 N–H and O–H groups in total. The largest absolute Gasteiger partial charge is 0.382 e. The Bertz CT molecular complexity index is 372. The third kappa shape index (κ3) is 1.33. The molecule has 0 spiro atoms. The highest BCUT2D eigenvalue weighted by Crippen LogP contribution is 2.21. The van der Waals surface area contributed by atoms with Crippen molar-refractivity contribution in [2.45, 2.75) is 0 Å². The van der Waals surface area contributed by atoms with E-state index in [1.54, 1.807) is 6.07 Å². The fourth-order valence-corrected chi connectivity index (χ4v) is 0.853. The standard InChI is InChI=1S/C6H2ClN3O2/c7-5-1-2-9-6(10(11)12)4(5)3-8/h1-2H. The zero-order chi connectivity index (χ0) is 9.14. The molecule has 6 heteroatoms. The molecule has 0 aromatic carbocycles. The lowest BCUT2D eigenvalue weighted by molar-refractivity contribution is -0.389. The number of aromatic nitrogens is 1. The molecule has 1 rings (SSSR count). The molecule has 12 heavy (non-hydrogen) atoms. The second-order valence-corrected chi connectivity index (χ2v) is 2.27. The van der Waals surface area contributed by atoms with Crippen LogP contribution in [0.1, 0.15) is 5.56 Å². The van der Waals surface area contributed by atoms with Crippen LogP contribution in [-0.2, 0) is 0 Å². The predicted molar refractivity (Wildman–Crippen MR) is 40.6 cm³/mol. The van der Waals surface area contributed by atoms with E-state index in [1.165, 1.54) is 12.3 Å². The van der Waals surface area contributed by atoms with Crippen molar-refractivity contribution in [3.8, 4) is 6.07 Å². The van der Waals surface area contributed by atoms with E-state index in [1.807, 2.05) is 0 Å². The summed E-state index contributed by atoms with van der Waals surface area (Å²) in [5.41, 5.74) is -0.204. The quantitative estimate of drug-likeness (QED) is 0.488. The Morgan fingerprint density at radius 1 is 1.75 bits per heavy atom. The smallest absolute Gasteiger partial charge is 0.358 e. The van der Waals surface area contributed by atoms with E-state index < -0.39 is 10.7 Å². The van der Waals surface area contributed by atoms with Gasteiger partial charge in [0.1, 0.15) is 12.3 Å². The van der Waals surface area contributed by atoms with Crippen LogP contribution in [0.15, 0.2) is 12.3 Å². The third-order valence-corrected chi connectivity index (χ3v) is 1.48. The molecule has 0 fully saturated rings. The lowest BCUT2D eigenvalue weighted by Gasteiger charge is -1.94. The van der Waals surface area contributed by atoms with Crippen LogP contribution >= 0.6 is 11.6 Å². The van der Waals surface area contributed by atoms with Crippen LogP contribution < -0.4 is 0 Å². The number of nitriles is 1. The van der Waals surface area contributed by atoms with Gasteiger partial charge >= 0.3 is 5.82 Å². The van der Waals surface area contributed by atoms with Gasteiger partial charge in [-0.15, -0.1) is 0 Å². The van der Waals surface area contributed by atoms with Crippen molar-refractivity contribution in [1.29, 1.82) is 5.26 Å². The first kappa shape index (κ1) is 8.43. The monoisotopic (exact) mass is 183 g/mol. The molecule has 0 amide bonds. The van der Waals surface area contributed by atoms with Crippen LogP contribution in [0.3, 0.4) is 0 Å². The summed E-state index contributed by atoms with van der Waals surface area (Å²) in [7, 11) is 0. The summed E-state index contributed by atoms with van der Waals surface area (Å²) in [5, 5.41) is 18.8. The van der Waals surface area contributed by atoms with E-state index in [9.17, 15) is 10.1 Å². The van der Waals surface area contributed by atoms with Crippen molar-refractivity contribution in [3.05, 3.63) is 33.0 Å². The molecule has 0 saturated heterocycles. The van der Waals surface area contributed by atoms with Gasteiger partial charge in [-0.05, 0) is 9.91 Å². The summed E-state index contributed by atoms with van der Waals surface area (Å²) in [5.74, 6) is -0.509. The molecule has 0 aliphatic heterocycles. The van der Waals surface area contributed by atoms with E-state index in [2.05, 4.69) is 4.98 Å². The van der Waals surface area contributed by atoms with Crippen molar-refractivity contribution >= 4 is 17.4 Å². The zero-order valence-electron chi connectivity index (χ0n) is 5.69. The maximum absolute atomic E-state index is 10.3. The molecule has 5 nitrogen and oxygen atoms in total. The second kappa shape index (κ2) is 3.15. The van der Waals surface area contributed by atoms with E-state index >= 15 is 0 Å². The maximum Gasteiger partial charge on any atom is 0.382 e. The summed E-state index contributed by atoms with van der Waals surface area (Å²) in [6.45, 7) is 0. The summed E-state index contributed by atoms with van der Waals surface area (Å²) < 4.78 is 0. The van der Waals surface area contributed by atoms with Gasteiger partial charge in [-0.25, -0.2) is 0 Å². The minimum atomic E-state index is -0.746. The molecule has 1 aromatic heterocycles. The Hall–Kier alpha value is -1.67. The summed E-state index contributed by atoms with van der Waals surface area (Å²) in [6, 6.07) is 2.94. The molecular formula is C6H2ClN3O2. The topological polar surface area (TPSA) is 79.8 Å². The minimum absolute atomic E-state index is 0.0409. The summed E-state index contributed by atoms with van der Waals surface area (Å²) >= 11 is 5.51. The highest BCUT2D eigenvalue weighted by molar-refractivity contribution is 6.31. The molecule has 0 aliphatic carbocycles. The summed E-state index contributed by atoms with van der Waals surface area (Å²) in [4.78, 5) is 12.9. The van der Waals surface area contributed by atoms with Gasteiger partial charge in [0.15, 0.2) is 5.56 Å². The van der Waals surface area contributed by atoms with Crippen molar-refractivity contribution in [2.75, 3.05) is 0 Å². The van der Waals surface area contributed by atoms with Crippen molar-refractivity contribution < 1.29 is 4.92 Å². The first-order valence-corrected chi connectivity index (χ1v) is 3.23. The SMILES string of the molecule is N#Cc1c(Cl)ccnc1[N+](=O)[O-]. The average molecular weight is 184 g/mol. The fraction of sp³-hybridized carbons (Fsp3) is 0. The highest BCUT2D eigenvalue weighted by atomic mass is 35.5. The van der Waals surface area contributed by atoms with Crippen LogP contribution in [0.4, 0.5) is 5.82 Å². The number of halogens is 1. The van der Waals surface area contributed by atoms with Crippen molar-refractivity contribution in [3.63, 3.8) is 0 Å². The van der Waals surface area contributed by atoms with Gasteiger partial charge in [0.25, 0.3) is 0 Å². The molecule has 0 bridgehead atoms. The first-order chi connectivity index (χ1) is 5.66. The Morgan fingerprint density at radius 3 is 2.83 bits per heavy atom. The van der Waals surface area contributed by atoms with Gasteiger partial charge in [0, 0.05) is 6.07 Å². The van der Waals surface area contributed by atoms with Gasteiger partial charge in [-0.3, -0.25) is 0 Å². The van der Waals surface area contributed by atoms with Gasteiger partial charge in [0.05, 0.1) is 5.02 Å². The number of rotatable bonds is 1. The van der Waals surface area contributed by atoms with E-state index in [0.717, 1.165) is 0 Å². The maximum atomic E-state index is 10.3. The van der Waals surface area contributed by atoms with E-state index in [-0.39, 0.29) is 10.6 Å². The molecule has 0 radical (unpaired) electrons. The third-order valence-electron chi connectivity index (χ3n) is 1.16. The van der Waals surface area contributed by atoms with E-state index in [0.29, 0.717) is 0 Å². The number of nitrogens with zero attached hydrogens (tertiary/aromatic N) is 3. The lowest BCUT2D eigenvalue weighted by Crippen LogP contribution is -1.95. The molecule has 0 aliphatic rings. The fourth-order valence-electron chi connectivity index (χ4n) is 0.670. The molecule has 0 atom stereocenters. The number of nitro groups is 1. The number of hydrogen-bond donors (Lipinski definition) is 0. The first-order valence-electron chi connectivity index (χ1n) is 2.86. The van der Waals surface area contributed by atoms with Crippen molar-refractivity contribution in [2.24, 2.45) is 0 Å². The van der Waals surface area contributed by atoms with E-state index in [4.69, 9.17) is 16.9 Å². The summed E-state index contributed by atoms with van der Waals surface area (Å²) in [6.07, 6.45) is 1.18. The Kier molecular flexibility index (Phi) is 2.21. The molecule has 0 saturated carbocycles. The van der Waals surface area contributed by atoms with Gasteiger partial charge in [0.2, 0.25) is 0 Å². The van der Waals surface area contributed by atoms with Gasteiger partial charge in [-0.2, -0.15) is 5.26 Å². The number of pyridine rings is 1. The normalized spacial score (nSPS) is 9.00. The second-order valence-electron chi connectivity index (χ2n) is 1.86. The molecule has 1 heterocycles. The van der Waals surface area contributed by atoms with Crippen LogP contribution in [0, 0.1) is 21.4 Å². The predicted octanol–water partition coefficient (Wildman–Crippen LogP) is 1.51. The van der Waals surface area contributed by atoms with Gasteiger partial charge in [-0.1, -0.05) is 11.6 Å². The Labute approximate surface area is 72.4 Å². The van der Waals surface area contributed by atoms with Crippen molar-refractivity contribution in [1.82, 2.24) is 4.98 Å². The number of hydrogen-bond acceptors (Lipinski definition) is 4. The molecule has 0 unspecified atom stereocenters. The molecular weight excluding hydrogens is 182 g/mol. The highest BCUT2D eigenvalue weighted by Gasteiger charge is 2.17.